The smallest absolute Gasteiger partial charge is 0.194 e. The van der Waals surface area contributed by atoms with Crippen molar-refractivity contribution in [2.75, 3.05) is 13.1 Å². The standard InChI is InChI=1S/C21H34N8.HI/c1-16-25-26-20(28(16)3)13-22-21(24-19-7-5-4-6-8-19)29-10-9-17(15-29)11-18-12-23-27(2)14-18;/h12,14,17,19H,4-11,13,15H2,1-3H3,(H,22,24);1H. The molecular formula is C21H35IN8. The van der Waals surface area contributed by atoms with E-state index >= 15 is 0 Å². The molecule has 2 fully saturated rings. The van der Waals surface area contributed by atoms with E-state index in [9.17, 15) is 0 Å². The van der Waals surface area contributed by atoms with E-state index in [4.69, 9.17) is 4.99 Å². The highest BCUT2D eigenvalue weighted by Crippen LogP contribution is 2.22. The van der Waals surface area contributed by atoms with Crippen LogP contribution in [-0.4, -0.2) is 54.5 Å². The molecule has 9 heteroatoms. The Hall–Kier alpha value is -1.65. The SMILES string of the molecule is Cc1nnc(CN=C(NC2CCCCC2)N2CCC(Cc3cnn(C)c3)C2)n1C.I. The summed E-state index contributed by atoms with van der Waals surface area (Å²) in [5.41, 5.74) is 1.33. The molecule has 1 N–H and O–H groups in total. The van der Waals surface area contributed by atoms with E-state index < -0.39 is 0 Å². The summed E-state index contributed by atoms with van der Waals surface area (Å²) in [5.74, 6) is 3.53. The van der Waals surface area contributed by atoms with Crippen molar-refractivity contribution in [3.63, 3.8) is 0 Å². The zero-order valence-electron chi connectivity index (χ0n) is 18.4. The van der Waals surface area contributed by atoms with E-state index in [-0.39, 0.29) is 24.0 Å². The van der Waals surface area contributed by atoms with E-state index in [1.807, 2.05) is 36.5 Å². The maximum atomic E-state index is 4.98. The van der Waals surface area contributed by atoms with Crippen LogP contribution in [-0.2, 0) is 27.1 Å². The van der Waals surface area contributed by atoms with Gasteiger partial charge in [-0.15, -0.1) is 34.2 Å². The minimum Gasteiger partial charge on any atom is -0.353 e. The van der Waals surface area contributed by atoms with Gasteiger partial charge in [-0.1, -0.05) is 19.3 Å². The lowest BCUT2D eigenvalue weighted by Gasteiger charge is -2.29. The van der Waals surface area contributed by atoms with Crippen LogP contribution >= 0.6 is 24.0 Å². The lowest BCUT2D eigenvalue weighted by atomic mass is 9.96. The summed E-state index contributed by atoms with van der Waals surface area (Å²) in [6.45, 7) is 4.65. The quantitative estimate of drug-likeness (QED) is 0.369. The highest BCUT2D eigenvalue weighted by molar-refractivity contribution is 14.0. The van der Waals surface area contributed by atoms with Gasteiger partial charge in [0.05, 0.1) is 6.20 Å². The number of aromatic nitrogens is 5. The molecule has 166 valence electrons. The zero-order valence-corrected chi connectivity index (χ0v) is 20.7. The van der Waals surface area contributed by atoms with Crippen molar-refractivity contribution in [2.45, 2.75) is 64.5 Å². The molecule has 4 rings (SSSR count). The lowest BCUT2D eigenvalue weighted by Crippen LogP contribution is -2.46. The van der Waals surface area contributed by atoms with Gasteiger partial charge < -0.3 is 14.8 Å². The van der Waals surface area contributed by atoms with Gasteiger partial charge in [0.25, 0.3) is 0 Å². The van der Waals surface area contributed by atoms with Gasteiger partial charge in [0.2, 0.25) is 0 Å². The van der Waals surface area contributed by atoms with Gasteiger partial charge in [-0.3, -0.25) is 4.68 Å². The zero-order chi connectivity index (χ0) is 20.2. The molecule has 1 unspecified atom stereocenters. The maximum Gasteiger partial charge on any atom is 0.194 e. The van der Waals surface area contributed by atoms with Crippen LogP contribution in [0.15, 0.2) is 17.4 Å². The molecule has 1 saturated heterocycles. The molecule has 8 nitrogen and oxygen atoms in total. The summed E-state index contributed by atoms with van der Waals surface area (Å²) in [7, 11) is 3.99. The number of guanidine groups is 1. The van der Waals surface area contributed by atoms with E-state index in [0.717, 1.165) is 37.1 Å². The molecule has 1 aliphatic carbocycles. The molecule has 30 heavy (non-hydrogen) atoms. The summed E-state index contributed by atoms with van der Waals surface area (Å²) in [5, 5.41) is 16.6. The van der Waals surface area contributed by atoms with Gasteiger partial charge in [-0.05, 0) is 44.1 Å². The first-order chi connectivity index (χ1) is 14.1. The Morgan fingerprint density at radius 1 is 1.17 bits per heavy atom. The molecule has 0 aromatic carbocycles. The second-order valence-electron chi connectivity index (χ2n) is 8.67. The number of halogens is 1. The number of likely N-dealkylation sites (tertiary alicyclic amines) is 1. The Bertz CT molecular complexity index is 836. The van der Waals surface area contributed by atoms with Crippen molar-refractivity contribution in [1.82, 2.24) is 34.8 Å². The second-order valence-corrected chi connectivity index (χ2v) is 8.67. The number of hydrogen-bond acceptors (Lipinski definition) is 4. The van der Waals surface area contributed by atoms with Crippen molar-refractivity contribution in [3.05, 3.63) is 29.6 Å². The van der Waals surface area contributed by atoms with E-state index in [1.165, 1.54) is 44.1 Å². The Morgan fingerprint density at radius 2 is 1.97 bits per heavy atom. The fraction of sp³-hybridized carbons (Fsp3) is 0.714. The van der Waals surface area contributed by atoms with Gasteiger partial charge in [0, 0.05) is 39.4 Å². The normalized spacial score (nSPS) is 20.4. The first-order valence-electron chi connectivity index (χ1n) is 11.0. The fourth-order valence-electron chi connectivity index (χ4n) is 4.50. The number of nitrogens with zero attached hydrogens (tertiary/aromatic N) is 7. The Labute approximate surface area is 196 Å². The number of aryl methyl sites for hydroxylation is 2. The third kappa shape index (κ3) is 5.73. The molecule has 1 atom stereocenters. The van der Waals surface area contributed by atoms with Crippen molar-refractivity contribution in [3.8, 4) is 0 Å². The highest BCUT2D eigenvalue weighted by atomic mass is 127. The molecule has 1 saturated carbocycles. The Morgan fingerprint density at radius 3 is 2.63 bits per heavy atom. The van der Waals surface area contributed by atoms with Crippen molar-refractivity contribution < 1.29 is 0 Å². The first kappa shape index (κ1) is 23.0. The average molecular weight is 526 g/mol. The van der Waals surface area contributed by atoms with Crippen molar-refractivity contribution in [1.29, 1.82) is 0 Å². The molecule has 0 amide bonds. The molecule has 0 spiro atoms. The van der Waals surface area contributed by atoms with Gasteiger partial charge in [-0.2, -0.15) is 5.10 Å². The number of aliphatic imine (C=N–C) groups is 1. The van der Waals surface area contributed by atoms with Gasteiger partial charge in [-0.25, -0.2) is 4.99 Å². The summed E-state index contributed by atoms with van der Waals surface area (Å²) >= 11 is 0. The van der Waals surface area contributed by atoms with Crippen molar-refractivity contribution in [2.24, 2.45) is 25.0 Å². The van der Waals surface area contributed by atoms with Crippen LogP contribution in [0.25, 0.3) is 0 Å². The predicted molar refractivity (Wildman–Crippen MR) is 129 cm³/mol. The van der Waals surface area contributed by atoms with Gasteiger partial charge >= 0.3 is 0 Å². The Balaban J connectivity index is 0.00000256. The van der Waals surface area contributed by atoms with Crippen LogP contribution < -0.4 is 5.32 Å². The van der Waals surface area contributed by atoms with Crippen LogP contribution in [0.3, 0.4) is 0 Å². The summed E-state index contributed by atoms with van der Waals surface area (Å²) < 4.78 is 3.92. The molecule has 2 aromatic heterocycles. The molecule has 2 aromatic rings. The second kappa shape index (κ2) is 10.6. The molecular weight excluding hydrogens is 491 g/mol. The Kier molecular flexibility index (Phi) is 8.13. The molecule has 2 aliphatic rings. The molecule has 3 heterocycles. The molecule has 1 aliphatic heterocycles. The van der Waals surface area contributed by atoms with Crippen LogP contribution in [0, 0.1) is 12.8 Å². The lowest BCUT2D eigenvalue weighted by molar-refractivity contribution is 0.384. The maximum absolute atomic E-state index is 4.98. The van der Waals surface area contributed by atoms with Crippen molar-refractivity contribution >= 4 is 29.9 Å². The average Bonchev–Trinajstić information content (AvgIpc) is 3.43. The van der Waals surface area contributed by atoms with Crippen LogP contribution in [0.2, 0.25) is 0 Å². The summed E-state index contributed by atoms with van der Waals surface area (Å²) in [4.78, 5) is 7.42. The van der Waals surface area contributed by atoms with Gasteiger partial charge in [0.1, 0.15) is 12.4 Å². The largest absolute Gasteiger partial charge is 0.353 e. The summed E-state index contributed by atoms with van der Waals surface area (Å²) in [6, 6.07) is 0.543. The minimum absolute atomic E-state index is 0. The highest BCUT2D eigenvalue weighted by Gasteiger charge is 2.27. The number of nitrogens with one attached hydrogen (secondary N) is 1. The number of rotatable bonds is 5. The third-order valence-corrected chi connectivity index (χ3v) is 6.36. The fourth-order valence-corrected chi connectivity index (χ4v) is 4.50. The first-order valence-corrected chi connectivity index (χ1v) is 11.0. The van der Waals surface area contributed by atoms with Crippen LogP contribution in [0.1, 0.15) is 55.7 Å². The molecule has 0 bridgehead atoms. The topological polar surface area (TPSA) is 76.2 Å². The summed E-state index contributed by atoms with van der Waals surface area (Å²) in [6.07, 6.45) is 12.9. The van der Waals surface area contributed by atoms with E-state index in [0.29, 0.717) is 18.5 Å². The number of hydrogen-bond donors (Lipinski definition) is 1. The third-order valence-electron chi connectivity index (χ3n) is 6.36. The van der Waals surface area contributed by atoms with E-state index in [1.54, 1.807) is 0 Å². The van der Waals surface area contributed by atoms with Crippen LogP contribution in [0.4, 0.5) is 0 Å². The predicted octanol–water partition coefficient (Wildman–Crippen LogP) is 2.82. The minimum atomic E-state index is 0. The van der Waals surface area contributed by atoms with E-state index in [2.05, 4.69) is 31.7 Å². The van der Waals surface area contributed by atoms with Gasteiger partial charge in [0.15, 0.2) is 11.8 Å². The molecule has 0 radical (unpaired) electrons. The van der Waals surface area contributed by atoms with Crippen LogP contribution in [0.5, 0.6) is 0 Å². The monoisotopic (exact) mass is 526 g/mol.